The smallest absolute Gasteiger partial charge is 0.250 e. The third kappa shape index (κ3) is 1.30. The van der Waals surface area contributed by atoms with E-state index in [4.69, 9.17) is 5.26 Å². The molecular formula is C5H4N2OS. The molecule has 1 atom stereocenters. The maximum atomic E-state index is 10.5. The van der Waals surface area contributed by atoms with E-state index in [9.17, 15) is 4.79 Å². The zero-order valence-corrected chi connectivity index (χ0v) is 5.39. The summed E-state index contributed by atoms with van der Waals surface area (Å²) in [7, 11) is 0. The molecule has 46 valence electrons. The van der Waals surface area contributed by atoms with Crippen LogP contribution in [0.15, 0.2) is 4.99 Å². The van der Waals surface area contributed by atoms with E-state index in [1.807, 2.05) is 0 Å². The number of ketones is 1. The third-order valence-electron chi connectivity index (χ3n) is 0.938. The second-order valence-electron chi connectivity index (χ2n) is 1.52. The SMILES string of the molecule is N#CC(=O)C1C=NCS1. The fourth-order valence-electron chi connectivity index (χ4n) is 0.512. The van der Waals surface area contributed by atoms with Crippen LogP contribution in [0.5, 0.6) is 0 Å². The molecule has 9 heavy (non-hydrogen) atoms. The van der Waals surface area contributed by atoms with E-state index in [0.29, 0.717) is 5.88 Å². The van der Waals surface area contributed by atoms with Crippen molar-refractivity contribution in [3.05, 3.63) is 0 Å². The summed E-state index contributed by atoms with van der Waals surface area (Å²) < 4.78 is 0. The highest BCUT2D eigenvalue weighted by Crippen LogP contribution is 2.15. The lowest BCUT2D eigenvalue weighted by molar-refractivity contribution is -0.112. The number of hydrogen-bond donors (Lipinski definition) is 0. The summed E-state index contributed by atoms with van der Waals surface area (Å²) in [6.07, 6.45) is 1.52. The van der Waals surface area contributed by atoms with Crippen molar-refractivity contribution in [1.29, 1.82) is 5.26 Å². The Bertz CT molecular complexity index is 194. The van der Waals surface area contributed by atoms with Gasteiger partial charge in [0.05, 0.1) is 5.88 Å². The van der Waals surface area contributed by atoms with Gasteiger partial charge in [-0.05, 0) is 0 Å². The molecular weight excluding hydrogens is 136 g/mol. The average Bonchev–Trinajstić information content (AvgIpc) is 2.37. The number of carbonyl (C=O) groups excluding carboxylic acids is 1. The maximum absolute atomic E-state index is 10.5. The lowest BCUT2D eigenvalue weighted by Gasteiger charge is -1.92. The number of rotatable bonds is 1. The molecule has 0 aromatic rings. The van der Waals surface area contributed by atoms with Crippen molar-refractivity contribution in [2.24, 2.45) is 4.99 Å². The van der Waals surface area contributed by atoms with Gasteiger partial charge in [0.2, 0.25) is 5.78 Å². The quantitative estimate of drug-likeness (QED) is 0.490. The number of hydrogen-bond acceptors (Lipinski definition) is 4. The van der Waals surface area contributed by atoms with Gasteiger partial charge in [-0.15, -0.1) is 11.8 Å². The normalized spacial score (nSPS) is 23.7. The first-order valence-corrected chi connectivity index (χ1v) is 3.45. The van der Waals surface area contributed by atoms with Gasteiger partial charge in [-0.25, -0.2) is 0 Å². The van der Waals surface area contributed by atoms with Crippen LogP contribution in [0, 0.1) is 11.3 Å². The third-order valence-corrected chi connectivity index (χ3v) is 1.93. The second-order valence-corrected chi connectivity index (χ2v) is 2.62. The van der Waals surface area contributed by atoms with Gasteiger partial charge in [0.1, 0.15) is 11.3 Å². The molecule has 1 rings (SSSR count). The van der Waals surface area contributed by atoms with Crippen LogP contribution in [0.4, 0.5) is 0 Å². The minimum absolute atomic E-state index is 0.296. The zero-order valence-electron chi connectivity index (χ0n) is 4.57. The summed E-state index contributed by atoms with van der Waals surface area (Å²) in [5.74, 6) is 0.208. The highest BCUT2D eigenvalue weighted by Gasteiger charge is 2.18. The van der Waals surface area contributed by atoms with E-state index < -0.39 is 5.78 Å². The maximum Gasteiger partial charge on any atom is 0.250 e. The summed E-state index contributed by atoms with van der Waals surface area (Å²) in [5, 5.41) is 7.82. The van der Waals surface area contributed by atoms with Crippen LogP contribution in [-0.4, -0.2) is 23.1 Å². The van der Waals surface area contributed by atoms with E-state index in [1.54, 1.807) is 6.07 Å². The molecule has 0 aromatic heterocycles. The lowest BCUT2D eigenvalue weighted by atomic mass is 10.3. The van der Waals surface area contributed by atoms with E-state index >= 15 is 0 Å². The Morgan fingerprint density at radius 3 is 3.22 bits per heavy atom. The topological polar surface area (TPSA) is 53.2 Å². The van der Waals surface area contributed by atoms with Gasteiger partial charge in [0.15, 0.2) is 0 Å². The summed E-state index contributed by atoms with van der Waals surface area (Å²) >= 11 is 1.38. The fraction of sp³-hybridized carbons (Fsp3) is 0.400. The standard InChI is InChI=1S/C5H4N2OS/c6-1-4(8)5-2-7-3-9-5/h2,5H,3H2. The first-order valence-electron chi connectivity index (χ1n) is 2.40. The summed E-state index contributed by atoms with van der Waals surface area (Å²) in [6, 6.07) is 1.56. The van der Waals surface area contributed by atoms with Crippen molar-refractivity contribution >= 4 is 23.8 Å². The lowest BCUT2D eigenvalue weighted by Crippen LogP contribution is -2.13. The van der Waals surface area contributed by atoms with Crippen molar-refractivity contribution in [2.75, 3.05) is 5.88 Å². The van der Waals surface area contributed by atoms with Gasteiger partial charge in [0, 0.05) is 6.21 Å². The number of nitriles is 1. The number of Topliss-reactive ketones (excluding diaryl/α,β-unsaturated/α-hetero) is 1. The van der Waals surface area contributed by atoms with Crippen LogP contribution in [0.2, 0.25) is 0 Å². The van der Waals surface area contributed by atoms with Gasteiger partial charge < -0.3 is 0 Å². The van der Waals surface area contributed by atoms with E-state index in [1.165, 1.54) is 18.0 Å². The highest BCUT2D eigenvalue weighted by atomic mass is 32.2. The van der Waals surface area contributed by atoms with Crippen molar-refractivity contribution in [1.82, 2.24) is 0 Å². The van der Waals surface area contributed by atoms with E-state index in [2.05, 4.69) is 4.99 Å². The van der Waals surface area contributed by atoms with Gasteiger partial charge in [-0.1, -0.05) is 0 Å². The van der Waals surface area contributed by atoms with Crippen LogP contribution in [-0.2, 0) is 4.79 Å². The monoisotopic (exact) mass is 140 g/mol. The predicted molar refractivity (Wildman–Crippen MR) is 35.4 cm³/mol. The van der Waals surface area contributed by atoms with Crippen molar-refractivity contribution in [2.45, 2.75) is 5.25 Å². The zero-order chi connectivity index (χ0) is 6.69. The predicted octanol–water partition coefficient (Wildman–Crippen LogP) is 0.223. The molecule has 0 aliphatic carbocycles. The summed E-state index contributed by atoms with van der Waals surface area (Å²) in [5.41, 5.74) is 0. The summed E-state index contributed by atoms with van der Waals surface area (Å²) in [6.45, 7) is 0. The molecule has 4 heteroatoms. The van der Waals surface area contributed by atoms with Crippen LogP contribution < -0.4 is 0 Å². The number of thioether (sulfide) groups is 1. The van der Waals surface area contributed by atoms with Crippen molar-refractivity contribution < 1.29 is 4.79 Å². The molecule has 1 heterocycles. The molecule has 0 amide bonds. The van der Waals surface area contributed by atoms with E-state index in [-0.39, 0.29) is 5.25 Å². The molecule has 0 N–H and O–H groups in total. The Balaban J connectivity index is 2.55. The number of aliphatic imine (C=N–C) groups is 1. The minimum Gasteiger partial charge on any atom is -0.285 e. The Labute approximate surface area is 56.8 Å². The Hall–Kier alpha value is -0.820. The molecule has 1 aliphatic heterocycles. The van der Waals surface area contributed by atoms with Crippen LogP contribution in [0.1, 0.15) is 0 Å². The average molecular weight is 140 g/mol. The van der Waals surface area contributed by atoms with Crippen LogP contribution in [0.3, 0.4) is 0 Å². The Morgan fingerprint density at radius 1 is 2.00 bits per heavy atom. The van der Waals surface area contributed by atoms with Gasteiger partial charge in [-0.2, -0.15) is 5.26 Å². The van der Waals surface area contributed by atoms with Gasteiger partial charge in [0.25, 0.3) is 0 Å². The van der Waals surface area contributed by atoms with Gasteiger partial charge >= 0.3 is 0 Å². The molecule has 0 aromatic carbocycles. The molecule has 0 bridgehead atoms. The van der Waals surface area contributed by atoms with Crippen molar-refractivity contribution in [3.63, 3.8) is 0 Å². The highest BCUT2D eigenvalue weighted by molar-refractivity contribution is 8.01. The molecule has 1 aliphatic rings. The largest absolute Gasteiger partial charge is 0.285 e. The fourth-order valence-corrected chi connectivity index (χ4v) is 1.22. The summed E-state index contributed by atoms with van der Waals surface area (Å²) in [4.78, 5) is 14.3. The Morgan fingerprint density at radius 2 is 2.78 bits per heavy atom. The van der Waals surface area contributed by atoms with Crippen LogP contribution in [0.25, 0.3) is 0 Å². The molecule has 1 unspecified atom stereocenters. The number of nitrogens with zero attached hydrogens (tertiary/aromatic N) is 2. The molecule has 0 saturated heterocycles. The first-order chi connectivity index (χ1) is 4.34. The second kappa shape index (κ2) is 2.65. The molecule has 0 fully saturated rings. The molecule has 0 saturated carbocycles. The molecule has 0 radical (unpaired) electrons. The molecule has 3 nitrogen and oxygen atoms in total. The number of carbonyl (C=O) groups is 1. The first kappa shape index (κ1) is 6.30. The van der Waals surface area contributed by atoms with Crippen LogP contribution >= 0.6 is 11.8 Å². The minimum atomic E-state index is -0.402. The molecule has 0 spiro atoms. The van der Waals surface area contributed by atoms with Gasteiger partial charge in [-0.3, -0.25) is 9.79 Å². The van der Waals surface area contributed by atoms with E-state index in [0.717, 1.165) is 0 Å². The Kier molecular flexibility index (Phi) is 1.85. The van der Waals surface area contributed by atoms with Crippen molar-refractivity contribution in [3.8, 4) is 6.07 Å².